The van der Waals surface area contributed by atoms with E-state index in [9.17, 15) is 4.79 Å². The van der Waals surface area contributed by atoms with E-state index in [2.05, 4.69) is 44.5 Å². The highest BCUT2D eigenvalue weighted by Gasteiger charge is 2.47. The van der Waals surface area contributed by atoms with Crippen molar-refractivity contribution in [3.8, 4) is 11.1 Å². The Kier molecular flexibility index (Phi) is 6.19. The summed E-state index contributed by atoms with van der Waals surface area (Å²) in [4.78, 5) is 24.4. The zero-order valence-electron chi connectivity index (χ0n) is 17.4. The molecule has 1 aliphatic rings. The Balaban J connectivity index is 1.71. The Morgan fingerprint density at radius 3 is 2.63 bits per heavy atom. The van der Waals surface area contributed by atoms with E-state index in [0.717, 1.165) is 36.2 Å². The number of carbonyl (C=O) groups is 1. The second-order valence-electron chi connectivity index (χ2n) is 7.81. The van der Waals surface area contributed by atoms with Crippen LogP contribution < -0.4 is 5.32 Å². The molecule has 4 rings (SSSR count). The standard InChI is InChI=1S/C25H28N4O/c1-2-27-24(30)25(13-7-17-29(25)19-22-9-5-6-14-28-22)18-21-8-3-4-10-23(21)20-11-15-26-16-12-20/h3-6,8-12,14-16H,2,7,13,17-19H2,1H3,(H,27,30). The maximum absolute atomic E-state index is 13.4. The van der Waals surface area contributed by atoms with Crippen LogP contribution in [0.25, 0.3) is 11.1 Å². The van der Waals surface area contributed by atoms with Gasteiger partial charge in [0.1, 0.15) is 5.54 Å². The molecule has 5 heteroatoms. The summed E-state index contributed by atoms with van der Waals surface area (Å²) in [6.45, 7) is 4.18. The molecule has 1 atom stereocenters. The third kappa shape index (κ3) is 4.12. The van der Waals surface area contributed by atoms with Gasteiger partial charge in [0.2, 0.25) is 5.91 Å². The second kappa shape index (κ2) is 9.18. The zero-order chi connectivity index (χ0) is 20.8. The predicted molar refractivity (Wildman–Crippen MR) is 119 cm³/mol. The van der Waals surface area contributed by atoms with Crippen molar-refractivity contribution >= 4 is 5.91 Å². The molecule has 2 aromatic heterocycles. The van der Waals surface area contributed by atoms with Crippen LogP contribution in [0.4, 0.5) is 0 Å². The highest BCUT2D eigenvalue weighted by molar-refractivity contribution is 5.87. The van der Waals surface area contributed by atoms with E-state index >= 15 is 0 Å². The lowest BCUT2D eigenvalue weighted by Crippen LogP contribution is -2.56. The number of nitrogens with one attached hydrogen (secondary N) is 1. The van der Waals surface area contributed by atoms with Gasteiger partial charge in [0.25, 0.3) is 0 Å². The Morgan fingerprint density at radius 1 is 1.07 bits per heavy atom. The van der Waals surface area contributed by atoms with Crippen LogP contribution in [0.3, 0.4) is 0 Å². The van der Waals surface area contributed by atoms with E-state index in [1.54, 1.807) is 0 Å². The number of carbonyl (C=O) groups excluding carboxylic acids is 1. The summed E-state index contributed by atoms with van der Waals surface area (Å²) >= 11 is 0. The lowest BCUT2D eigenvalue weighted by molar-refractivity contribution is -0.132. The van der Waals surface area contributed by atoms with Crippen LogP contribution in [0.1, 0.15) is 31.0 Å². The van der Waals surface area contributed by atoms with Gasteiger partial charge in [0, 0.05) is 38.1 Å². The van der Waals surface area contributed by atoms with Gasteiger partial charge < -0.3 is 5.32 Å². The van der Waals surface area contributed by atoms with E-state index in [1.165, 1.54) is 5.56 Å². The molecule has 0 aliphatic carbocycles. The van der Waals surface area contributed by atoms with Gasteiger partial charge in [-0.25, -0.2) is 0 Å². The summed E-state index contributed by atoms with van der Waals surface area (Å²) in [6, 6.07) is 18.4. The molecule has 30 heavy (non-hydrogen) atoms. The number of likely N-dealkylation sites (tertiary alicyclic amines) is 1. The average Bonchev–Trinajstić information content (AvgIpc) is 3.19. The van der Waals surface area contributed by atoms with Crippen LogP contribution >= 0.6 is 0 Å². The Morgan fingerprint density at radius 2 is 1.87 bits per heavy atom. The molecule has 0 spiro atoms. The minimum atomic E-state index is -0.573. The maximum atomic E-state index is 13.4. The molecule has 154 valence electrons. The van der Waals surface area contributed by atoms with E-state index < -0.39 is 5.54 Å². The number of amides is 1. The molecule has 1 saturated heterocycles. The molecule has 1 aromatic carbocycles. The van der Waals surface area contributed by atoms with Crippen LogP contribution in [0.15, 0.2) is 73.2 Å². The van der Waals surface area contributed by atoms with E-state index in [0.29, 0.717) is 19.5 Å². The Labute approximate surface area is 178 Å². The molecular formula is C25H28N4O. The van der Waals surface area contributed by atoms with Gasteiger partial charge >= 0.3 is 0 Å². The number of likely N-dealkylation sites (N-methyl/N-ethyl adjacent to an activating group) is 1. The van der Waals surface area contributed by atoms with Crippen molar-refractivity contribution in [1.29, 1.82) is 0 Å². The summed E-state index contributed by atoms with van der Waals surface area (Å²) in [5.74, 6) is 0.114. The monoisotopic (exact) mass is 400 g/mol. The lowest BCUT2D eigenvalue weighted by Gasteiger charge is -2.37. The van der Waals surface area contributed by atoms with Gasteiger partial charge in [-0.1, -0.05) is 30.3 Å². The van der Waals surface area contributed by atoms with Gasteiger partial charge in [-0.3, -0.25) is 19.7 Å². The van der Waals surface area contributed by atoms with Gasteiger partial charge in [-0.15, -0.1) is 0 Å². The first-order valence-electron chi connectivity index (χ1n) is 10.6. The number of aromatic nitrogens is 2. The first-order valence-corrected chi connectivity index (χ1v) is 10.6. The summed E-state index contributed by atoms with van der Waals surface area (Å²) in [7, 11) is 0. The van der Waals surface area contributed by atoms with Gasteiger partial charge in [0.05, 0.1) is 5.69 Å². The smallest absolute Gasteiger partial charge is 0.240 e. The van der Waals surface area contributed by atoms with Gasteiger partial charge in [-0.2, -0.15) is 0 Å². The van der Waals surface area contributed by atoms with E-state index in [1.807, 2.05) is 55.8 Å². The fourth-order valence-electron chi connectivity index (χ4n) is 4.52. The highest BCUT2D eigenvalue weighted by atomic mass is 16.2. The fraction of sp³-hybridized carbons (Fsp3) is 0.320. The number of pyridine rings is 2. The van der Waals surface area contributed by atoms with E-state index in [-0.39, 0.29) is 5.91 Å². The van der Waals surface area contributed by atoms with Crippen molar-refractivity contribution in [2.24, 2.45) is 0 Å². The number of rotatable bonds is 7. The van der Waals surface area contributed by atoms with Gasteiger partial charge in [0.15, 0.2) is 0 Å². The largest absolute Gasteiger partial charge is 0.355 e. The third-order valence-electron chi connectivity index (χ3n) is 5.95. The number of benzene rings is 1. The molecule has 1 unspecified atom stereocenters. The lowest BCUT2D eigenvalue weighted by atomic mass is 9.84. The van der Waals surface area contributed by atoms with E-state index in [4.69, 9.17) is 0 Å². The molecule has 5 nitrogen and oxygen atoms in total. The fourth-order valence-corrected chi connectivity index (χ4v) is 4.52. The SMILES string of the molecule is CCNC(=O)C1(Cc2ccccc2-c2ccncc2)CCCN1Cc1ccccn1. The Bertz CT molecular complexity index is 977. The molecule has 0 bridgehead atoms. The molecule has 0 radical (unpaired) electrons. The van der Waals surface area contributed by atoms with Gasteiger partial charge in [-0.05, 0) is 67.3 Å². The van der Waals surface area contributed by atoms with Crippen LogP contribution in [0, 0.1) is 0 Å². The summed E-state index contributed by atoms with van der Waals surface area (Å²) in [6.07, 6.45) is 7.96. The number of hydrogen-bond acceptors (Lipinski definition) is 4. The van der Waals surface area contributed by atoms with Crippen molar-refractivity contribution in [3.63, 3.8) is 0 Å². The van der Waals surface area contributed by atoms with Crippen LogP contribution in [0.2, 0.25) is 0 Å². The van der Waals surface area contributed by atoms with Crippen LogP contribution in [-0.4, -0.2) is 39.4 Å². The molecule has 1 fully saturated rings. The zero-order valence-corrected chi connectivity index (χ0v) is 17.4. The molecule has 1 N–H and O–H groups in total. The first-order chi connectivity index (χ1) is 14.7. The molecule has 1 aliphatic heterocycles. The molecule has 3 heterocycles. The van der Waals surface area contributed by atoms with Crippen molar-refractivity contribution in [2.75, 3.05) is 13.1 Å². The topological polar surface area (TPSA) is 58.1 Å². The highest BCUT2D eigenvalue weighted by Crippen LogP contribution is 2.37. The third-order valence-corrected chi connectivity index (χ3v) is 5.95. The van der Waals surface area contributed by atoms with Crippen LogP contribution in [0.5, 0.6) is 0 Å². The van der Waals surface area contributed by atoms with Crippen molar-refractivity contribution < 1.29 is 4.79 Å². The minimum absolute atomic E-state index is 0.114. The number of hydrogen-bond donors (Lipinski definition) is 1. The second-order valence-corrected chi connectivity index (χ2v) is 7.81. The van der Waals surface area contributed by atoms with Crippen molar-refractivity contribution in [3.05, 3.63) is 84.4 Å². The maximum Gasteiger partial charge on any atom is 0.240 e. The number of nitrogens with zero attached hydrogens (tertiary/aromatic N) is 3. The molecule has 3 aromatic rings. The summed E-state index contributed by atoms with van der Waals surface area (Å²) < 4.78 is 0. The van der Waals surface area contributed by atoms with Crippen molar-refractivity contribution in [2.45, 2.75) is 38.3 Å². The normalized spacial score (nSPS) is 19.0. The van der Waals surface area contributed by atoms with Crippen LogP contribution in [-0.2, 0) is 17.8 Å². The first kappa shape index (κ1) is 20.2. The Hall–Kier alpha value is -3.05. The summed E-state index contributed by atoms with van der Waals surface area (Å²) in [5, 5.41) is 3.11. The molecule has 1 amide bonds. The minimum Gasteiger partial charge on any atom is -0.355 e. The average molecular weight is 401 g/mol. The molecular weight excluding hydrogens is 372 g/mol. The predicted octanol–water partition coefficient (Wildman–Crippen LogP) is 3.86. The summed E-state index contributed by atoms with van der Waals surface area (Å²) in [5.41, 5.74) is 3.89. The quantitative estimate of drug-likeness (QED) is 0.654. The molecule has 0 saturated carbocycles. The van der Waals surface area contributed by atoms with Crippen molar-refractivity contribution in [1.82, 2.24) is 20.2 Å².